The number of aromatic nitrogens is 2. The smallest absolute Gasteiger partial charge is 0.272 e. The fourth-order valence-corrected chi connectivity index (χ4v) is 2.78. The van der Waals surface area contributed by atoms with Gasteiger partial charge in [0.05, 0.1) is 6.54 Å². The van der Waals surface area contributed by atoms with Crippen molar-refractivity contribution in [3.63, 3.8) is 0 Å². The van der Waals surface area contributed by atoms with Crippen LogP contribution in [0.15, 0.2) is 24.3 Å². The van der Waals surface area contributed by atoms with Crippen molar-refractivity contribution >= 4 is 11.8 Å². The molecule has 0 saturated heterocycles. The van der Waals surface area contributed by atoms with Gasteiger partial charge in [-0.3, -0.25) is 14.7 Å². The van der Waals surface area contributed by atoms with E-state index in [1.807, 2.05) is 38.1 Å². The van der Waals surface area contributed by atoms with E-state index in [1.54, 1.807) is 4.90 Å². The first-order valence-electron chi connectivity index (χ1n) is 7.80. The van der Waals surface area contributed by atoms with E-state index in [9.17, 15) is 9.59 Å². The van der Waals surface area contributed by atoms with Crippen LogP contribution in [0.25, 0.3) is 0 Å². The van der Waals surface area contributed by atoms with Gasteiger partial charge in [0.1, 0.15) is 0 Å². The van der Waals surface area contributed by atoms with Crippen LogP contribution in [0.3, 0.4) is 0 Å². The molecule has 0 atom stereocenters. The summed E-state index contributed by atoms with van der Waals surface area (Å²) in [5.74, 6) is -0.215. The van der Waals surface area contributed by atoms with Crippen LogP contribution in [0.5, 0.6) is 0 Å². The summed E-state index contributed by atoms with van der Waals surface area (Å²) >= 11 is 0. The van der Waals surface area contributed by atoms with Crippen molar-refractivity contribution in [2.45, 2.75) is 26.8 Å². The molecule has 0 saturated carbocycles. The molecule has 1 aromatic carbocycles. The molecular weight excluding hydrogens is 292 g/mol. The van der Waals surface area contributed by atoms with Gasteiger partial charge in [-0.05, 0) is 26.0 Å². The van der Waals surface area contributed by atoms with E-state index in [0.29, 0.717) is 37.3 Å². The number of carbonyl (C=O) groups excluding carboxylic acids is 2. The molecule has 2 aromatic rings. The third-order valence-electron chi connectivity index (χ3n) is 4.07. The molecule has 6 nitrogen and oxygen atoms in total. The second kappa shape index (κ2) is 6.24. The Labute approximate surface area is 134 Å². The zero-order valence-corrected chi connectivity index (χ0v) is 13.3. The summed E-state index contributed by atoms with van der Waals surface area (Å²) in [6.45, 7) is 5.43. The first kappa shape index (κ1) is 15.3. The van der Waals surface area contributed by atoms with Crippen molar-refractivity contribution in [2.24, 2.45) is 0 Å². The summed E-state index contributed by atoms with van der Waals surface area (Å²) in [5, 5.41) is 9.80. The summed E-state index contributed by atoms with van der Waals surface area (Å²) < 4.78 is 0. The predicted molar refractivity (Wildman–Crippen MR) is 86.2 cm³/mol. The molecule has 0 aliphatic carbocycles. The number of hydrogen-bond acceptors (Lipinski definition) is 3. The maximum atomic E-state index is 12.6. The molecule has 0 bridgehead atoms. The lowest BCUT2D eigenvalue weighted by Crippen LogP contribution is -2.36. The molecular formula is C17H20N4O2. The van der Waals surface area contributed by atoms with Crippen LogP contribution in [-0.4, -0.2) is 40.0 Å². The summed E-state index contributed by atoms with van der Waals surface area (Å²) in [4.78, 5) is 26.5. The number of fused-ring (bicyclic) bond motifs is 1. The Kier molecular flexibility index (Phi) is 4.14. The van der Waals surface area contributed by atoms with Crippen molar-refractivity contribution in [2.75, 3.05) is 13.1 Å². The highest BCUT2D eigenvalue weighted by atomic mass is 16.2. The van der Waals surface area contributed by atoms with Crippen molar-refractivity contribution < 1.29 is 9.59 Å². The number of H-pyrrole nitrogens is 1. The Bertz CT molecular complexity index is 734. The SMILES string of the molecule is CCNC(=O)c1n[nH]c2c1CN(C(=O)c1ccc(C)cc1)CC2. The van der Waals surface area contributed by atoms with Gasteiger partial charge in [-0.1, -0.05) is 17.7 Å². The quantitative estimate of drug-likeness (QED) is 0.905. The van der Waals surface area contributed by atoms with E-state index >= 15 is 0 Å². The molecule has 0 fully saturated rings. The number of benzene rings is 1. The number of rotatable bonds is 3. The predicted octanol–water partition coefficient (Wildman–Crippen LogP) is 1.67. The van der Waals surface area contributed by atoms with Gasteiger partial charge < -0.3 is 10.2 Å². The van der Waals surface area contributed by atoms with Gasteiger partial charge in [0.2, 0.25) is 0 Å². The van der Waals surface area contributed by atoms with Crippen LogP contribution in [0.1, 0.15) is 44.6 Å². The fraction of sp³-hybridized carbons (Fsp3) is 0.353. The first-order chi connectivity index (χ1) is 11.1. The van der Waals surface area contributed by atoms with Crippen molar-refractivity contribution in [3.8, 4) is 0 Å². The normalized spacial score (nSPS) is 13.6. The summed E-state index contributed by atoms with van der Waals surface area (Å²) in [6, 6.07) is 7.54. The Morgan fingerprint density at radius 1 is 1.30 bits per heavy atom. The van der Waals surface area contributed by atoms with Gasteiger partial charge in [0, 0.05) is 36.3 Å². The van der Waals surface area contributed by atoms with E-state index in [0.717, 1.165) is 16.8 Å². The van der Waals surface area contributed by atoms with Gasteiger partial charge in [0.25, 0.3) is 11.8 Å². The highest BCUT2D eigenvalue weighted by Gasteiger charge is 2.28. The monoisotopic (exact) mass is 312 g/mol. The average Bonchev–Trinajstić information content (AvgIpc) is 2.98. The van der Waals surface area contributed by atoms with Gasteiger partial charge in [0.15, 0.2) is 5.69 Å². The molecule has 2 amide bonds. The molecule has 0 unspecified atom stereocenters. The third kappa shape index (κ3) is 2.97. The lowest BCUT2D eigenvalue weighted by molar-refractivity contribution is 0.0731. The highest BCUT2D eigenvalue weighted by molar-refractivity contribution is 5.96. The number of nitrogens with one attached hydrogen (secondary N) is 2. The first-order valence-corrected chi connectivity index (χ1v) is 7.80. The number of amides is 2. The number of hydrogen-bond donors (Lipinski definition) is 2. The molecule has 1 aliphatic heterocycles. The van der Waals surface area contributed by atoms with Crippen LogP contribution >= 0.6 is 0 Å². The minimum Gasteiger partial charge on any atom is -0.351 e. The van der Waals surface area contributed by atoms with E-state index in [-0.39, 0.29) is 11.8 Å². The van der Waals surface area contributed by atoms with Crippen LogP contribution in [-0.2, 0) is 13.0 Å². The zero-order valence-electron chi connectivity index (χ0n) is 13.3. The Hall–Kier alpha value is -2.63. The second-order valence-electron chi connectivity index (χ2n) is 5.73. The third-order valence-corrected chi connectivity index (χ3v) is 4.07. The van der Waals surface area contributed by atoms with Crippen molar-refractivity contribution in [3.05, 3.63) is 52.3 Å². The lowest BCUT2D eigenvalue weighted by atomic mass is 10.0. The molecule has 0 radical (unpaired) electrons. The Morgan fingerprint density at radius 2 is 2.04 bits per heavy atom. The lowest BCUT2D eigenvalue weighted by Gasteiger charge is -2.27. The van der Waals surface area contributed by atoms with Crippen LogP contribution in [0, 0.1) is 6.92 Å². The van der Waals surface area contributed by atoms with E-state index in [1.165, 1.54) is 0 Å². The topological polar surface area (TPSA) is 78.1 Å². The summed E-state index contributed by atoms with van der Waals surface area (Å²) in [5.41, 5.74) is 3.95. The molecule has 2 heterocycles. The molecule has 6 heteroatoms. The Balaban J connectivity index is 1.81. The fourth-order valence-electron chi connectivity index (χ4n) is 2.78. The van der Waals surface area contributed by atoms with Gasteiger partial charge in [-0.25, -0.2) is 0 Å². The van der Waals surface area contributed by atoms with E-state index < -0.39 is 0 Å². The largest absolute Gasteiger partial charge is 0.351 e. The number of nitrogens with zero attached hydrogens (tertiary/aromatic N) is 2. The zero-order chi connectivity index (χ0) is 16.4. The second-order valence-corrected chi connectivity index (χ2v) is 5.73. The van der Waals surface area contributed by atoms with Crippen molar-refractivity contribution in [1.29, 1.82) is 0 Å². The molecule has 1 aliphatic rings. The maximum Gasteiger partial charge on any atom is 0.272 e. The molecule has 0 spiro atoms. The molecule has 23 heavy (non-hydrogen) atoms. The minimum absolute atomic E-state index is 0.0151. The Morgan fingerprint density at radius 3 is 2.74 bits per heavy atom. The van der Waals surface area contributed by atoms with Crippen LogP contribution in [0.4, 0.5) is 0 Å². The molecule has 120 valence electrons. The summed E-state index contributed by atoms with van der Waals surface area (Å²) in [6.07, 6.45) is 0.680. The molecule has 3 rings (SSSR count). The number of carbonyl (C=O) groups is 2. The maximum absolute atomic E-state index is 12.6. The van der Waals surface area contributed by atoms with Crippen molar-refractivity contribution in [1.82, 2.24) is 20.4 Å². The van der Waals surface area contributed by atoms with Gasteiger partial charge in [-0.2, -0.15) is 5.10 Å². The average molecular weight is 312 g/mol. The highest BCUT2D eigenvalue weighted by Crippen LogP contribution is 2.22. The van der Waals surface area contributed by atoms with Crippen LogP contribution < -0.4 is 5.32 Å². The molecule has 2 N–H and O–H groups in total. The minimum atomic E-state index is -0.199. The number of aromatic amines is 1. The van der Waals surface area contributed by atoms with Gasteiger partial charge in [-0.15, -0.1) is 0 Å². The van der Waals surface area contributed by atoms with E-state index in [4.69, 9.17) is 0 Å². The number of aryl methyl sites for hydroxylation is 1. The van der Waals surface area contributed by atoms with Crippen LogP contribution in [0.2, 0.25) is 0 Å². The summed E-state index contributed by atoms with van der Waals surface area (Å²) in [7, 11) is 0. The standard InChI is InChI=1S/C17H20N4O2/c1-3-18-16(22)15-13-10-21(9-8-14(13)19-20-15)17(23)12-6-4-11(2)5-7-12/h4-7H,3,8-10H2,1-2H3,(H,18,22)(H,19,20). The molecule has 1 aromatic heterocycles. The van der Waals surface area contributed by atoms with Gasteiger partial charge >= 0.3 is 0 Å². The van der Waals surface area contributed by atoms with E-state index in [2.05, 4.69) is 15.5 Å².